The predicted octanol–water partition coefficient (Wildman–Crippen LogP) is 4.11. The predicted molar refractivity (Wildman–Crippen MR) is 91.7 cm³/mol. The summed E-state index contributed by atoms with van der Waals surface area (Å²) in [6.45, 7) is 8.58. The van der Waals surface area contributed by atoms with Crippen LogP contribution in [0.2, 0.25) is 19.6 Å². The molecular formula is C19H22OSi. The van der Waals surface area contributed by atoms with Crippen molar-refractivity contribution in [2.45, 2.75) is 32.2 Å². The number of rotatable bonds is 2. The van der Waals surface area contributed by atoms with Crippen LogP contribution in [0.5, 0.6) is 0 Å². The number of benzene rings is 2. The number of aryl methyl sites for hydroxylation is 1. The van der Waals surface area contributed by atoms with E-state index in [2.05, 4.69) is 31.1 Å². The number of hydrogen-bond donors (Lipinski definition) is 1. The molecule has 1 unspecified atom stereocenters. The van der Waals surface area contributed by atoms with Crippen LogP contribution in [0.15, 0.2) is 54.6 Å². The molecule has 108 valence electrons. The molecule has 1 N–H and O–H groups in total. The zero-order valence-electron chi connectivity index (χ0n) is 13.1. The molecule has 0 bridgehead atoms. The average molecular weight is 294 g/mol. The monoisotopic (exact) mass is 294 g/mol. The van der Waals surface area contributed by atoms with Crippen LogP contribution in [0, 0.1) is 18.4 Å². The first-order valence-corrected chi connectivity index (χ1v) is 10.7. The van der Waals surface area contributed by atoms with Crippen molar-refractivity contribution in [2.75, 3.05) is 0 Å². The summed E-state index contributed by atoms with van der Waals surface area (Å²) >= 11 is 0. The van der Waals surface area contributed by atoms with Gasteiger partial charge in [-0.3, -0.25) is 0 Å². The molecule has 0 aliphatic rings. The van der Waals surface area contributed by atoms with Crippen LogP contribution in [0.4, 0.5) is 0 Å². The Labute approximate surface area is 128 Å². The first-order chi connectivity index (χ1) is 9.81. The topological polar surface area (TPSA) is 20.2 Å². The van der Waals surface area contributed by atoms with E-state index in [0.717, 1.165) is 11.1 Å². The second-order valence-corrected chi connectivity index (χ2v) is 11.2. The van der Waals surface area contributed by atoms with E-state index in [0.29, 0.717) is 0 Å². The van der Waals surface area contributed by atoms with Crippen LogP contribution < -0.4 is 0 Å². The Bertz CT molecular complexity index is 657. The Kier molecular flexibility index (Phi) is 4.36. The molecule has 2 aromatic carbocycles. The van der Waals surface area contributed by atoms with Gasteiger partial charge in [-0.05, 0) is 6.92 Å². The Morgan fingerprint density at radius 1 is 0.857 bits per heavy atom. The second-order valence-electron chi connectivity index (χ2n) is 6.44. The lowest BCUT2D eigenvalue weighted by Gasteiger charge is -2.24. The Hall–Kier alpha value is -1.82. The standard InChI is InChI=1S/C19H22OSi/c1-16-10-12-18(13-11-16)19(20,14-15-21(2,3)4)17-8-6-5-7-9-17/h5-13,20H,1-4H3. The number of aliphatic hydroxyl groups is 1. The van der Waals surface area contributed by atoms with Crippen molar-refractivity contribution >= 4 is 8.07 Å². The third kappa shape index (κ3) is 3.84. The molecule has 0 saturated carbocycles. The summed E-state index contributed by atoms with van der Waals surface area (Å²) in [7, 11) is -1.56. The Balaban J connectivity index is 2.58. The molecule has 0 aromatic heterocycles. The Morgan fingerprint density at radius 3 is 1.90 bits per heavy atom. The van der Waals surface area contributed by atoms with Crippen LogP contribution in [-0.4, -0.2) is 13.2 Å². The summed E-state index contributed by atoms with van der Waals surface area (Å²) in [6.07, 6.45) is 0. The molecule has 2 rings (SSSR count). The van der Waals surface area contributed by atoms with Gasteiger partial charge in [0.05, 0.1) is 0 Å². The van der Waals surface area contributed by atoms with Crippen LogP contribution >= 0.6 is 0 Å². The molecule has 1 nitrogen and oxygen atoms in total. The third-order valence-electron chi connectivity index (χ3n) is 3.28. The highest BCUT2D eigenvalue weighted by atomic mass is 28.3. The molecule has 1 atom stereocenters. The van der Waals surface area contributed by atoms with E-state index in [1.54, 1.807) is 0 Å². The summed E-state index contributed by atoms with van der Waals surface area (Å²) in [5, 5.41) is 11.3. The molecule has 0 heterocycles. The molecule has 0 aliphatic heterocycles. The van der Waals surface area contributed by atoms with Crippen molar-refractivity contribution in [2.24, 2.45) is 0 Å². The molecule has 2 aromatic rings. The van der Waals surface area contributed by atoms with Gasteiger partial charge in [0, 0.05) is 11.1 Å². The molecule has 0 radical (unpaired) electrons. The van der Waals surface area contributed by atoms with Crippen molar-refractivity contribution in [3.8, 4) is 11.5 Å². The molecule has 0 fully saturated rings. The largest absolute Gasteiger partial charge is 0.369 e. The molecular weight excluding hydrogens is 272 g/mol. The van der Waals surface area contributed by atoms with Crippen molar-refractivity contribution < 1.29 is 5.11 Å². The van der Waals surface area contributed by atoms with Crippen molar-refractivity contribution in [3.05, 3.63) is 71.3 Å². The third-order valence-corrected chi connectivity index (χ3v) is 4.15. The van der Waals surface area contributed by atoms with Gasteiger partial charge in [0.1, 0.15) is 8.07 Å². The lowest BCUT2D eigenvalue weighted by Crippen LogP contribution is -2.27. The fourth-order valence-electron chi connectivity index (χ4n) is 2.06. The van der Waals surface area contributed by atoms with E-state index in [-0.39, 0.29) is 0 Å². The van der Waals surface area contributed by atoms with E-state index < -0.39 is 13.7 Å². The molecule has 0 saturated heterocycles. The lowest BCUT2D eigenvalue weighted by molar-refractivity contribution is 0.145. The van der Waals surface area contributed by atoms with E-state index in [9.17, 15) is 5.11 Å². The van der Waals surface area contributed by atoms with E-state index in [1.165, 1.54) is 5.56 Å². The van der Waals surface area contributed by atoms with Gasteiger partial charge in [0.2, 0.25) is 0 Å². The fourth-order valence-corrected chi connectivity index (χ4v) is 2.62. The first-order valence-electron chi connectivity index (χ1n) is 7.21. The van der Waals surface area contributed by atoms with Gasteiger partial charge in [-0.25, -0.2) is 0 Å². The molecule has 21 heavy (non-hydrogen) atoms. The highest BCUT2D eigenvalue weighted by Gasteiger charge is 2.29. The second kappa shape index (κ2) is 5.89. The van der Waals surface area contributed by atoms with Gasteiger partial charge in [0.15, 0.2) is 5.60 Å². The molecule has 2 heteroatoms. The number of hydrogen-bond acceptors (Lipinski definition) is 1. The van der Waals surface area contributed by atoms with Crippen LogP contribution in [0.25, 0.3) is 0 Å². The van der Waals surface area contributed by atoms with Crippen LogP contribution in [0.1, 0.15) is 16.7 Å². The summed E-state index contributed by atoms with van der Waals surface area (Å²) in [5.41, 5.74) is 4.89. The first kappa shape index (κ1) is 15.6. The summed E-state index contributed by atoms with van der Waals surface area (Å²) < 4.78 is 0. The van der Waals surface area contributed by atoms with E-state index in [4.69, 9.17) is 0 Å². The maximum Gasteiger partial charge on any atom is 0.176 e. The highest BCUT2D eigenvalue weighted by Crippen LogP contribution is 2.29. The summed E-state index contributed by atoms with van der Waals surface area (Å²) in [6, 6.07) is 17.6. The van der Waals surface area contributed by atoms with Gasteiger partial charge >= 0.3 is 0 Å². The maximum absolute atomic E-state index is 11.3. The zero-order valence-corrected chi connectivity index (χ0v) is 14.1. The minimum absolute atomic E-state index is 0.819. The van der Waals surface area contributed by atoms with Gasteiger partial charge < -0.3 is 5.11 Å². The van der Waals surface area contributed by atoms with E-state index >= 15 is 0 Å². The van der Waals surface area contributed by atoms with Gasteiger partial charge in [0.25, 0.3) is 0 Å². The van der Waals surface area contributed by atoms with Crippen molar-refractivity contribution in [1.82, 2.24) is 0 Å². The molecule has 0 amide bonds. The summed E-state index contributed by atoms with van der Waals surface area (Å²) in [4.78, 5) is 0. The van der Waals surface area contributed by atoms with Gasteiger partial charge in [-0.1, -0.05) is 85.7 Å². The minimum Gasteiger partial charge on any atom is -0.369 e. The average Bonchev–Trinajstić information content (AvgIpc) is 2.46. The fraction of sp³-hybridized carbons (Fsp3) is 0.263. The van der Waals surface area contributed by atoms with Crippen molar-refractivity contribution in [1.29, 1.82) is 0 Å². The van der Waals surface area contributed by atoms with Crippen molar-refractivity contribution in [3.63, 3.8) is 0 Å². The Morgan fingerprint density at radius 2 is 1.38 bits per heavy atom. The minimum atomic E-state index is -1.56. The summed E-state index contributed by atoms with van der Waals surface area (Å²) in [5.74, 6) is 3.16. The van der Waals surface area contributed by atoms with E-state index in [1.807, 2.05) is 61.5 Å². The normalized spacial score (nSPS) is 14.0. The SMILES string of the molecule is Cc1ccc(C(O)(C#C[Si](C)(C)C)c2ccccc2)cc1. The molecule has 0 spiro atoms. The van der Waals surface area contributed by atoms with Crippen LogP contribution in [-0.2, 0) is 5.60 Å². The van der Waals surface area contributed by atoms with Gasteiger partial charge in [-0.2, -0.15) is 0 Å². The highest BCUT2D eigenvalue weighted by molar-refractivity contribution is 6.83. The van der Waals surface area contributed by atoms with Gasteiger partial charge in [-0.15, -0.1) is 5.54 Å². The smallest absolute Gasteiger partial charge is 0.176 e. The zero-order chi connectivity index (χ0) is 15.5. The van der Waals surface area contributed by atoms with Crippen LogP contribution in [0.3, 0.4) is 0 Å². The quantitative estimate of drug-likeness (QED) is 0.653. The maximum atomic E-state index is 11.3. The molecule has 0 aliphatic carbocycles. The lowest BCUT2D eigenvalue weighted by atomic mass is 9.87.